The van der Waals surface area contributed by atoms with Gasteiger partial charge in [0.2, 0.25) is 0 Å². The van der Waals surface area contributed by atoms with E-state index in [1.165, 1.54) is 6.07 Å². The van der Waals surface area contributed by atoms with E-state index in [1.807, 2.05) is 13.0 Å². The summed E-state index contributed by atoms with van der Waals surface area (Å²) in [6.45, 7) is 3.37. The smallest absolute Gasteiger partial charge is 0.132 e. The maximum absolute atomic E-state index is 13.8. The van der Waals surface area contributed by atoms with Crippen LogP contribution in [-0.4, -0.2) is 5.11 Å². The van der Waals surface area contributed by atoms with E-state index in [0.29, 0.717) is 11.1 Å². The number of aliphatic hydroxyl groups excluding tert-OH is 1. The molecule has 0 amide bonds. The summed E-state index contributed by atoms with van der Waals surface area (Å²) in [5.41, 5.74) is 1.82. The lowest BCUT2D eigenvalue weighted by molar-refractivity contribution is 0.214. The van der Waals surface area contributed by atoms with E-state index >= 15 is 0 Å². The third-order valence-corrected chi connectivity index (χ3v) is 4.04. The lowest BCUT2D eigenvalue weighted by atomic mass is 9.96. The second-order valence-corrected chi connectivity index (χ2v) is 5.33. The summed E-state index contributed by atoms with van der Waals surface area (Å²) in [4.78, 5) is 0. The lowest BCUT2D eigenvalue weighted by Crippen LogP contribution is -2.06. The van der Waals surface area contributed by atoms with Gasteiger partial charge in [-0.05, 0) is 42.7 Å². The predicted octanol–water partition coefficient (Wildman–Crippen LogP) is 4.43. The maximum atomic E-state index is 13.8. The summed E-state index contributed by atoms with van der Waals surface area (Å²) in [6, 6.07) is 7.49. The highest BCUT2D eigenvalue weighted by atomic mass is 79.9. The molecule has 1 nitrogen and oxygen atoms in total. The number of aliphatic hydroxyl groups is 1. The first-order valence-electron chi connectivity index (χ1n) is 5.80. The van der Waals surface area contributed by atoms with Crippen LogP contribution < -0.4 is 0 Å². The first kappa shape index (κ1) is 14.2. The molecule has 0 saturated carbocycles. The van der Waals surface area contributed by atoms with Gasteiger partial charge in [0.1, 0.15) is 17.7 Å². The largest absolute Gasteiger partial charge is 0.384 e. The van der Waals surface area contributed by atoms with Crippen molar-refractivity contribution in [2.45, 2.75) is 20.0 Å². The van der Waals surface area contributed by atoms with Crippen molar-refractivity contribution in [3.8, 4) is 0 Å². The van der Waals surface area contributed by atoms with Gasteiger partial charge in [-0.3, -0.25) is 0 Å². The average Bonchev–Trinajstić information content (AvgIpc) is 2.36. The highest BCUT2D eigenvalue weighted by molar-refractivity contribution is 9.10. The fourth-order valence-corrected chi connectivity index (χ4v) is 2.36. The Kier molecular flexibility index (Phi) is 4.02. The van der Waals surface area contributed by atoms with E-state index in [0.717, 1.165) is 16.1 Å². The molecule has 0 radical (unpaired) electrons. The fraction of sp³-hybridized carbons (Fsp3) is 0.200. The van der Waals surface area contributed by atoms with Crippen LogP contribution in [0.2, 0.25) is 0 Å². The van der Waals surface area contributed by atoms with Crippen LogP contribution in [0.15, 0.2) is 34.8 Å². The standard InChI is InChI=1S/C15H13BrF2O/c1-8-6-11(14(18)7-13(8)17)15(19)10-4-3-5-12(16)9(10)2/h3-7,15,19H,1-2H3. The number of aryl methyl sites for hydroxylation is 1. The summed E-state index contributed by atoms with van der Waals surface area (Å²) in [7, 11) is 0. The van der Waals surface area contributed by atoms with E-state index in [4.69, 9.17) is 0 Å². The van der Waals surface area contributed by atoms with Gasteiger partial charge in [-0.15, -0.1) is 0 Å². The molecule has 0 aliphatic carbocycles. The third-order valence-electron chi connectivity index (χ3n) is 3.18. The highest BCUT2D eigenvalue weighted by Crippen LogP contribution is 2.31. The minimum atomic E-state index is -1.11. The van der Waals surface area contributed by atoms with Crippen molar-refractivity contribution >= 4 is 15.9 Å². The Morgan fingerprint density at radius 1 is 1.05 bits per heavy atom. The first-order valence-corrected chi connectivity index (χ1v) is 6.59. The lowest BCUT2D eigenvalue weighted by Gasteiger charge is -2.16. The summed E-state index contributed by atoms with van der Waals surface area (Å²) in [6.07, 6.45) is -1.11. The van der Waals surface area contributed by atoms with Gasteiger partial charge < -0.3 is 5.11 Å². The normalized spacial score (nSPS) is 12.5. The van der Waals surface area contributed by atoms with Gasteiger partial charge in [-0.25, -0.2) is 8.78 Å². The first-order chi connectivity index (χ1) is 8.91. The van der Waals surface area contributed by atoms with Crippen molar-refractivity contribution in [2.75, 3.05) is 0 Å². The molecule has 1 N–H and O–H groups in total. The molecule has 0 fully saturated rings. The second-order valence-electron chi connectivity index (χ2n) is 4.48. The number of benzene rings is 2. The zero-order chi connectivity index (χ0) is 14.2. The van der Waals surface area contributed by atoms with Gasteiger partial charge >= 0.3 is 0 Å². The molecule has 0 aromatic heterocycles. The molecule has 19 heavy (non-hydrogen) atoms. The number of rotatable bonds is 2. The molecule has 100 valence electrons. The molecule has 2 rings (SSSR count). The molecule has 0 heterocycles. The molecular weight excluding hydrogens is 314 g/mol. The Morgan fingerprint density at radius 3 is 2.42 bits per heavy atom. The van der Waals surface area contributed by atoms with Gasteiger partial charge in [0.05, 0.1) is 0 Å². The van der Waals surface area contributed by atoms with Crippen LogP contribution in [-0.2, 0) is 0 Å². The molecule has 0 spiro atoms. The van der Waals surface area contributed by atoms with Crippen molar-refractivity contribution in [2.24, 2.45) is 0 Å². The molecule has 0 saturated heterocycles. The Labute approximate surface area is 119 Å². The quantitative estimate of drug-likeness (QED) is 0.865. The van der Waals surface area contributed by atoms with Gasteiger partial charge in [-0.2, -0.15) is 0 Å². The molecule has 4 heteroatoms. The van der Waals surface area contributed by atoms with Crippen LogP contribution in [0.25, 0.3) is 0 Å². The van der Waals surface area contributed by atoms with Crippen LogP contribution in [0.3, 0.4) is 0 Å². The summed E-state index contributed by atoms with van der Waals surface area (Å²) >= 11 is 3.37. The second kappa shape index (κ2) is 5.39. The van der Waals surface area contributed by atoms with Gasteiger partial charge in [0.25, 0.3) is 0 Å². The Bertz CT molecular complexity index is 626. The van der Waals surface area contributed by atoms with Crippen LogP contribution in [0, 0.1) is 25.5 Å². The van der Waals surface area contributed by atoms with Crippen molar-refractivity contribution in [3.63, 3.8) is 0 Å². The van der Waals surface area contributed by atoms with Crippen LogP contribution in [0.5, 0.6) is 0 Å². The topological polar surface area (TPSA) is 20.2 Å². The van der Waals surface area contributed by atoms with E-state index < -0.39 is 17.7 Å². The van der Waals surface area contributed by atoms with E-state index in [-0.39, 0.29) is 5.56 Å². The molecule has 2 aromatic carbocycles. The minimum absolute atomic E-state index is 0.0834. The monoisotopic (exact) mass is 326 g/mol. The van der Waals surface area contributed by atoms with E-state index in [9.17, 15) is 13.9 Å². The van der Waals surface area contributed by atoms with E-state index in [2.05, 4.69) is 15.9 Å². The van der Waals surface area contributed by atoms with Crippen molar-refractivity contribution in [3.05, 3.63) is 68.7 Å². The zero-order valence-corrected chi connectivity index (χ0v) is 12.1. The third kappa shape index (κ3) is 2.69. The van der Waals surface area contributed by atoms with Crippen LogP contribution in [0.4, 0.5) is 8.78 Å². The zero-order valence-electron chi connectivity index (χ0n) is 10.5. The predicted molar refractivity (Wildman–Crippen MR) is 74.0 cm³/mol. The molecular formula is C15H13BrF2O. The van der Waals surface area contributed by atoms with Crippen LogP contribution >= 0.6 is 15.9 Å². The molecule has 1 unspecified atom stereocenters. The molecule has 2 aromatic rings. The molecule has 1 atom stereocenters. The number of hydrogen-bond donors (Lipinski definition) is 1. The van der Waals surface area contributed by atoms with Crippen molar-refractivity contribution < 1.29 is 13.9 Å². The SMILES string of the molecule is Cc1cc(C(O)c2cccc(Br)c2C)c(F)cc1F. The Morgan fingerprint density at radius 2 is 1.74 bits per heavy atom. The summed E-state index contributed by atoms with van der Waals surface area (Å²) < 4.78 is 27.9. The maximum Gasteiger partial charge on any atom is 0.132 e. The Balaban J connectivity index is 2.53. The van der Waals surface area contributed by atoms with Gasteiger partial charge in [0, 0.05) is 16.1 Å². The van der Waals surface area contributed by atoms with Crippen LogP contribution in [0.1, 0.15) is 28.4 Å². The minimum Gasteiger partial charge on any atom is -0.384 e. The van der Waals surface area contributed by atoms with Crippen molar-refractivity contribution in [1.29, 1.82) is 0 Å². The van der Waals surface area contributed by atoms with Crippen molar-refractivity contribution in [1.82, 2.24) is 0 Å². The Hall–Kier alpha value is -1.26. The molecule has 0 aliphatic heterocycles. The van der Waals surface area contributed by atoms with E-state index in [1.54, 1.807) is 19.1 Å². The number of halogens is 3. The summed E-state index contributed by atoms with van der Waals surface area (Å²) in [5, 5.41) is 10.3. The molecule has 0 aliphatic rings. The highest BCUT2D eigenvalue weighted by Gasteiger charge is 2.19. The summed E-state index contributed by atoms with van der Waals surface area (Å²) in [5.74, 6) is -1.35. The fourth-order valence-electron chi connectivity index (χ4n) is 1.98. The number of hydrogen-bond acceptors (Lipinski definition) is 1. The van der Waals surface area contributed by atoms with Gasteiger partial charge in [0.15, 0.2) is 0 Å². The average molecular weight is 327 g/mol. The van der Waals surface area contributed by atoms with Gasteiger partial charge in [-0.1, -0.05) is 28.1 Å². The molecule has 0 bridgehead atoms.